The van der Waals surface area contributed by atoms with E-state index in [1.165, 1.54) is 6.42 Å². The Bertz CT molecular complexity index is 594. The highest BCUT2D eigenvalue weighted by molar-refractivity contribution is 5.89. The Labute approximate surface area is 147 Å². The Hall–Kier alpha value is -2.57. The molecule has 0 heterocycles. The monoisotopic (exact) mass is 348 g/mol. The first-order chi connectivity index (χ1) is 12.1. The lowest BCUT2D eigenvalue weighted by Gasteiger charge is -2.20. The lowest BCUT2D eigenvalue weighted by atomic mass is 9.89. The minimum Gasteiger partial charge on any atom is -0.484 e. The molecule has 0 radical (unpaired) electrons. The van der Waals surface area contributed by atoms with E-state index in [1.807, 2.05) is 0 Å². The van der Waals surface area contributed by atoms with Gasteiger partial charge in [0.15, 0.2) is 6.61 Å². The summed E-state index contributed by atoms with van der Waals surface area (Å²) < 4.78 is 10.2. The number of esters is 1. The van der Waals surface area contributed by atoms with E-state index in [9.17, 15) is 14.4 Å². The summed E-state index contributed by atoms with van der Waals surface area (Å²) in [7, 11) is 0. The van der Waals surface area contributed by atoms with Crippen LogP contribution in [-0.2, 0) is 14.3 Å². The maximum absolute atomic E-state index is 11.9. The molecule has 1 saturated carbocycles. The third-order valence-corrected chi connectivity index (χ3v) is 4.04. The van der Waals surface area contributed by atoms with Crippen LogP contribution in [0.2, 0.25) is 0 Å². The van der Waals surface area contributed by atoms with Crippen LogP contribution < -0.4 is 15.6 Å². The predicted octanol–water partition coefficient (Wildman–Crippen LogP) is 1.97. The van der Waals surface area contributed by atoms with Gasteiger partial charge in [0, 0.05) is 5.92 Å². The minimum absolute atomic E-state index is 0.0228. The zero-order valence-electron chi connectivity index (χ0n) is 14.4. The molecule has 2 amide bonds. The van der Waals surface area contributed by atoms with Crippen LogP contribution in [-0.4, -0.2) is 31.0 Å². The maximum atomic E-state index is 11.9. The van der Waals surface area contributed by atoms with Gasteiger partial charge in [-0.3, -0.25) is 20.4 Å². The molecule has 0 saturated heterocycles. The molecule has 1 fully saturated rings. The molecule has 0 atom stereocenters. The molecule has 2 rings (SSSR count). The van der Waals surface area contributed by atoms with Gasteiger partial charge in [-0.25, -0.2) is 4.79 Å². The molecule has 1 aliphatic carbocycles. The summed E-state index contributed by atoms with van der Waals surface area (Å²) >= 11 is 0. The van der Waals surface area contributed by atoms with Crippen molar-refractivity contribution in [1.29, 1.82) is 0 Å². The van der Waals surface area contributed by atoms with Crippen molar-refractivity contribution < 1.29 is 23.9 Å². The van der Waals surface area contributed by atoms with Gasteiger partial charge in [-0.1, -0.05) is 19.3 Å². The number of nitrogens with one attached hydrogen (secondary N) is 2. The average molecular weight is 348 g/mol. The minimum atomic E-state index is -0.446. The predicted molar refractivity (Wildman–Crippen MR) is 90.8 cm³/mol. The van der Waals surface area contributed by atoms with Crippen molar-refractivity contribution in [3.8, 4) is 5.75 Å². The van der Waals surface area contributed by atoms with Crippen LogP contribution in [0.3, 0.4) is 0 Å². The quantitative estimate of drug-likeness (QED) is 0.605. The van der Waals surface area contributed by atoms with E-state index in [0.29, 0.717) is 17.9 Å². The average Bonchev–Trinajstić information content (AvgIpc) is 2.65. The summed E-state index contributed by atoms with van der Waals surface area (Å²) in [6.07, 6.45) is 5.00. The van der Waals surface area contributed by atoms with Gasteiger partial charge in [0.25, 0.3) is 5.91 Å². The van der Waals surface area contributed by atoms with Crippen molar-refractivity contribution in [3.05, 3.63) is 29.8 Å². The number of rotatable bonds is 6. The van der Waals surface area contributed by atoms with Crippen LogP contribution in [0.25, 0.3) is 0 Å². The molecular formula is C18H24N2O5. The third-order valence-electron chi connectivity index (χ3n) is 4.04. The number of amides is 2. The van der Waals surface area contributed by atoms with Crippen LogP contribution in [0.1, 0.15) is 49.4 Å². The fraction of sp³-hybridized carbons (Fsp3) is 0.500. The summed E-state index contributed by atoms with van der Waals surface area (Å²) in [4.78, 5) is 35.2. The van der Waals surface area contributed by atoms with E-state index < -0.39 is 11.9 Å². The Morgan fingerprint density at radius 1 is 1.04 bits per heavy atom. The van der Waals surface area contributed by atoms with Crippen LogP contribution >= 0.6 is 0 Å². The fourth-order valence-electron chi connectivity index (χ4n) is 2.68. The molecule has 0 aromatic heterocycles. The van der Waals surface area contributed by atoms with Gasteiger partial charge in [-0.15, -0.1) is 0 Å². The highest BCUT2D eigenvalue weighted by Crippen LogP contribution is 2.23. The molecule has 2 N–H and O–H groups in total. The molecule has 0 spiro atoms. The zero-order chi connectivity index (χ0) is 18.1. The first-order valence-corrected chi connectivity index (χ1v) is 8.59. The molecule has 25 heavy (non-hydrogen) atoms. The van der Waals surface area contributed by atoms with Crippen molar-refractivity contribution in [1.82, 2.24) is 10.9 Å². The fourth-order valence-corrected chi connectivity index (χ4v) is 2.68. The first kappa shape index (κ1) is 18.8. The number of hydrazine groups is 1. The van der Waals surface area contributed by atoms with E-state index in [1.54, 1.807) is 31.2 Å². The van der Waals surface area contributed by atoms with Gasteiger partial charge in [0.05, 0.1) is 12.2 Å². The molecule has 7 nitrogen and oxygen atoms in total. The second-order valence-electron chi connectivity index (χ2n) is 5.91. The van der Waals surface area contributed by atoms with Crippen LogP contribution in [0.4, 0.5) is 0 Å². The molecule has 1 aromatic rings. The van der Waals surface area contributed by atoms with Crippen molar-refractivity contribution in [2.24, 2.45) is 5.92 Å². The summed E-state index contributed by atoms with van der Waals surface area (Å²) in [5, 5.41) is 0. The molecule has 1 aliphatic rings. The van der Waals surface area contributed by atoms with Crippen molar-refractivity contribution in [2.75, 3.05) is 13.2 Å². The lowest BCUT2D eigenvalue weighted by Crippen LogP contribution is -2.46. The molecule has 0 aliphatic heterocycles. The smallest absolute Gasteiger partial charge is 0.338 e. The standard InChI is InChI=1S/C18H24N2O5/c1-2-24-18(23)14-8-10-15(11-9-14)25-12-16(21)19-20-17(22)13-6-4-3-5-7-13/h8-11,13H,2-7,12H2,1H3,(H,19,21)(H,20,22). The van der Waals surface area contributed by atoms with Gasteiger partial charge in [0.1, 0.15) is 5.75 Å². The summed E-state index contributed by atoms with van der Waals surface area (Å²) in [6, 6.07) is 6.30. The second-order valence-corrected chi connectivity index (χ2v) is 5.91. The number of hydrogen-bond donors (Lipinski definition) is 2. The summed E-state index contributed by atoms with van der Waals surface area (Å²) in [5.41, 5.74) is 5.22. The SMILES string of the molecule is CCOC(=O)c1ccc(OCC(=O)NNC(=O)C2CCCCC2)cc1. The molecule has 1 aromatic carbocycles. The van der Waals surface area contributed by atoms with E-state index >= 15 is 0 Å². The largest absolute Gasteiger partial charge is 0.484 e. The van der Waals surface area contributed by atoms with Crippen molar-refractivity contribution >= 4 is 17.8 Å². The van der Waals surface area contributed by atoms with Crippen molar-refractivity contribution in [2.45, 2.75) is 39.0 Å². The number of hydrogen-bond acceptors (Lipinski definition) is 5. The molecule has 7 heteroatoms. The van der Waals surface area contributed by atoms with Crippen molar-refractivity contribution in [3.63, 3.8) is 0 Å². The Balaban J connectivity index is 1.70. The molecule has 0 unspecified atom stereocenters. The normalized spacial score (nSPS) is 14.4. The highest BCUT2D eigenvalue weighted by Gasteiger charge is 2.21. The summed E-state index contributed by atoms with van der Waals surface area (Å²) in [5.74, 6) is -0.574. The zero-order valence-corrected chi connectivity index (χ0v) is 14.4. The first-order valence-electron chi connectivity index (χ1n) is 8.59. The topological polar surface area (TPSA) is 93.7 Å². The van der Waals surface area contributed by atoms with E-state index in [-0.39, 0.29) is 18.4 Å². The van der Waals surface area contributed by atoms with Crippen LogP contribution in [0.15, 0.2) is 24.3 Å². The molecular weight excluding hydrogens is 324 g/mol. The number of carbonyl (C=O) groups is 3. The van der Waals surface area contributed by atoms with Gasteiger partial charge < -0.3 is 9.47 Å². The lowest BCUT2D eigenvalue weighted by molar-refractivity contribution is -0.132. The molecule has 136 valence electrons. The van der Waals surface area contributed by atoms with Gasteiger partial charge in [-0.2, -0.15) is 0 Å². The Morgan fingerprint density at radius 2 is 1.72 bits per heavy atom. The van der Waals surface area contributed by atoms with E-state index in [0.717, 1.165) is 25.7 Å². The van der Waals surface area contributed by atoms with Gasteiger partial charge in [0.2, 0.25) is 5.91 Å². The Morgan fingerprint density at radius 3 is 2.36 bits per heavy atom. The number of benzene rings is 1. The van der Waals surface area contributed by atoms with Gasteiger partial charge >= 0.3 is 5.97 Å². The number of ether oxygens (including phenoxy) is 2. The van der Waals surface area contributed by atoms with E-state index in [2.05, 4.69) is 10.9 Å². The van der Waals surface area contributed by atoms with Crippen LogP contribution in [0.5, 0.6) is 5.75 Å². The third kappa shape index (κ3) is 6.10. The number of carbonyl (C=O) groups excluding carboxylic acids is 3. The molecule has 0 bridgehead atoms. The van der Waals surface area contributed by atoms with Crippen LogP contribution in [0, 0.1) is 5.92 Å². The van der Waals surface area contributed by atoms with Gasteiger partial charge in [-0.05, 0) is 44.0 Å². The highest BCUT2D eigenvalue weighted by atomic mass is 16.5. The summed E-state index contributed by atoms with van der Waals surface area (Å²) in [6.45, 7) is 1.81. The second kappa shape index (κ2) is 9.66. The Kier molecular flexibility index (Phi) is 7.25. The van der Waals surface area contributed by atoms with E-state index in [4.69, 9.17) is 9.47 Å². The maximum Gasteiger partial charge on any atom is 0.338 e.